The van der Waals surface area contributed by atoms with E-state index in [9.17, 15) is 4.79 Å². The lowest BCUT2D eigenvalue weighted by Crippen LogP contribution is -2.36. The lowest BCUT2D eigenvalue weighted by atomic mass is 9.73. The molecule has 4 bridgehead atoms. The summed E-state index contributed by atoms with van der Waals surface area (Å²) in [7, 11) is 1.83. The average molecular weight is 650 g/mol. The number of ether oxygens (including phenoxy) is 1. The fourth-order valence-electron chi connectivity index (χ4n) is 7.03. The van der Waals surface area contributed by atoms with Crippen LogP contribution in [-0.4, -0.2) is 45.9 Å². The Bertz CT molecular complexity index is 2010. The number of H-pyrrole nitrogens is 2. The molecule has 9 heteroatoms. The molecular formula is C39H41F2N5O2. The van der Waals surface area contributed by atoms with Crippen molar-refractivity contribution in [2.75, 3.05) is 20.1 Å². The summed E-state index contributed by atoms with van der Waals surface area (Å²) in [5, 5.41) is 0.767. The van der Waals surface area contributed by atoms with Gasteiger partial charge in [0.15, 0.2) is 11.6 Å². The Hall–Kier alpha value is -4.97. The van der Waals surface area contributed by atoms with Crippen molar-refractivity contribution in [1.82, 2.24) is 19.9 Å². The monoisotopic (exact) mass is 649 g/mol. The van der Waals surface area contributed by atoms with Gasteiger partial charge in [-0.05, 0) is 67.0 Å². The Morgan fingerprint density at radius 2 is 1.88 bits per heavy atom. The molecule has 0 saturated heterocycles. The van der Waals surface area contributed by atoms with Crippen molar-refractivity contribution in [2.45, 2.75) is 64.7 Å². The van der Waals surface area contributed by atoms with E-state index in [4.69, 9.17) is 11.3 Å². The van der Waals surface area contributed by atoms with Crippen LogP contribution in [-0.2, 0) is 23.1 Å². The number of fused-ring (bicyclic) bond motifs is 8. The molecule has 3 heterocycles. The second-order valence-corrected chi connectivity index (χ2v) is 13.9. The Morgan fingerprint density at radius 3 is 2.69 bits per heavy atom. The number of aryl methyl sites for hydroxylation is 1. The zero-order chi connectivity index (χ0) is 34.1. The third-order valence-electron chi connectivity index (χ3n) is 9.74. The summed E-state index contributed by atoms with van der Waals surface area (Å²) in [6, 6.07) is 15.8. The van der Waals surface area contributed by atoms with Crippen molar-refractivity contribution in [1.29, 1.82) is 0 Å². The molecule has 1 aliphatic rings. The van der Waals surface area contributed by atoms with Crippen LogP contribution >= 0.6 is 0 Å². The SMILES string of the molecule is [C-]#[N+]CCc1cccc(C2(C)CCCC(C)(C)CN(C)C(=O)CCc3c(c(F)cc4[nH]ccc34)Oc3ccc(F)c(c3)-c3ncc2[nH]3)c1. The van der Waals surface area contributed by atoms with Gasteiger partial charge < -0.3 is 24.4 Å². The summed E-state index contributed by atoms with van der Waals surface area (Å²) in [5.41, 5.74) is 3.71. The largest absolute Gasteiger partial charge is 0.454 e. The highest BCUT2D eigenvalue weighted by Gasteiger charge is 2.33. The summed E-state index contributed by atoms with van der Waals surface area (Å²) in [6.45, 7) is 14.7. The minimum atomic E-state index is -0.576. The fraction of sp³-hybridized carbons (Fsp3) is 0.359. The number of nitrogens with zero attached hydrogens (tertiary/aromatic N) is 3. The van der Waals surface area contributed by atoms with Gasteiger partial charge in [0.1, 0.15) is 17.4 Å². The molecule has 48 heavy (non-hydrogen) atoms. The molecule has 1 amide bonds. The van der Waals surface area contributed by atoms with Crippen LogP contribution < -0.4 is 4.74 Å². The molecule has 1 atom stereocenters. The molecule has 2 N–H and O–H groups in total. The van der Waals surface area contributed by atoms with E-state index in [0.717, 1.165) is 41.5 Å². The van der Waals surface area contributed by atoms with Crippen molar-refractivity contribution >= 4 is 16.8 Å². The van der Waals surface area contributed by atoms with E-state index in [-0.39, 0.29) is 41.2 Å². The molecule has 2 aromatic heterocycles. The molecule has 6 rings (SSSR count). The average Bonchev–Trinajstić information content (AvgIpc) is 3.74. The number of nitrogens with one attached hydrogen (secondary N) is 2. The van der Waals surface area contributed by atoms with Crippen LogP contribution in [0.1, 0.15) is 68.8 Å². The van der Waals surface area contributed by atoms with Crippen molar-refractivity contribution in [3.8, 4) is 22.9 Å². The maximum atomic E-state index is 15.6. The van der Waals surface area contributed by atoms with Crippen LogP contribution in [0.5, 0.6) is 11.5 Å². The molecule has 1 unspecified atom stereocenters. The molecule has 3 aromatic carbocycles. The topological polar surface area (TPSA) is 78.4 Å². The minimum Gasteiger partial charge on any atom is -0.454 e. The number of aromatic amines is 2. The summed E-state index contributed by atoms with van der Waals surface area (Å²) >= 11 is 0. The van der Waals surface area contributed by atoms with E-state index in [1.54, 1.807) is 17.3 Å². The first-order chi connectivity index (χ1) is 23.0. The number of aromatic nitrogens is 3. The highest BCUT2D eigenvalue weighted by atomic mass is 19.1. The quantitative estimate of drug-likeness (QED) is 0.192. The van der Waals surface area contributed by atoms with Crippen LogP contribution in [0, 0.1) is 23.6 Å². The highest BCUT2D eigenvalue weighted by Crippen LogP contribution is 2.41. The number of carbonyl (C=O) groups is 1. The van der Waals surface area contributed by atoms with E-state index in [1.807, 2.05) is 25.2 Å². The molecule has 0 aliphatic carbocycles. The third-order valence-corrected chi connectivity index (χ3v) is 9.74. The van der Waals surface area contributed by atoms with Crippen LogP contribution in [0.3, 0.4) is 0 Å². The van der Waals surface area contributed by atoms with Gasteiger partial charge in [0, 0.05) is 72.5 Å². The van der Waals surface area contributed by atoms with Crippen molar-refractivity contribution in [3.63, 3.8) is 0 Å². The van der Waals surface area contributed by atoms with E-state index < -0.39 is 17.0 Å². The van der Waals surface area contributed by atoms with E-state index in [1.165, 1.54) is 24.3 Å². The van der Waals surface area contributed by atoms with Crippen LogP contribution in [0.25, 0.3) is 27.1 Å². The van der Waals surface area contributed by atoms with Gasteiger partial charge in [-0.15, -0.1) is 0 Å². The normalized spacial score (nSPS) is 18.7. The van der Waals surface area contributed by atoms with Gasteiger partial charge >= 0.3 is 0 Å². The lowest BCUT2D eigenvalue weighted by molar-refractivity contribution is -0.131. The first kappa shape index (κ1) is 33.0. The second-order valence-electron chi connectivity index (χ2n) is 13.9. The number of imidazole rings is 1. The Labute approximate surface area is 280 Å². The standard InChI is InChI=1S/C39H41F2N5O2/c1-38(2)16-7-17-39(3,26-9-6-8-25(20-26)14-18-42-4)34-23-44-37(45-34)30-21-27(10-12-31(30)40)48-36-29(11-13-35(47)46(5)24-38)28-15-19-43-33(28)22-32(36)41/h6,8-10,12,15,19-23,43H,7,11,13-14,16-18,24H2,1-3,5H3,(H,44,45). The van der Waals surface area contributed by atoms with Gasteiger partial charge in [-0.1, -0.05) is 44.5 Å². The Kier molecular flexibility index (Phi) is 9.11. The second kappa shape index (κ2) is 13.3. The maximum absolute atomic E-state index is 15.6. The first-order valence-corrected chi connectivity index (χ1v) is 16.5. The van der Waals surface area contributed by atoms with Crippen LogP contribution in [0.15, 0.2) is 67.0 Å². The molecule has 1 aliphatic heterocycles. The van der Waals surface area contributed by atoms with Gasteiger partial charge in [0.2, 0.25) is 12.5 Å². The molecule has 0 spiro atoms. The smallest absolute Gasteiger partial charge is 0.222 e. The molecule has 5 aromatic rings. The summed E-state index contributed by atoms with van der Waals surface area (Å²) < 4.78 is 37.3. The van der Waals surface area contributed by atoms with Gasteiger partial charge in [0.05, 0.1) is 5.56 Å². The number of hydrogen-bond acceptors (Lipinski definition) is 3. The van der Waals surface area contributed by atoms with Gasteiger partial charge in [-0.2, -0.15) is 0 Å². The number of rotatable bonds is 3. The predicted octanol–water partition coefficient (Wildman–Crippen LogP) is 9.00. The number of amides is 1. The summed E-state index contributed by atoms with van der Waals surface area (Å²) in [6.07, 6.45) is 7.11. The maximum Gasteiger partial charge on any atom is 0.222 e. The summed E-state index contributed by atoms with van der Waals surface area (Å²) in [4.78, 5) is 29.9. The van der Waals surface area contributed by atoms with E-state index in [2.05, 4.69) is 52.7 Å². The molecule has 0 fully saturated rings. The van der Waals surface area contributed by atoms with E-state index >= 15 is 8.78 Å². The van der Waals surface area contributed by atoms with Gasteiger partial charge in [-0.3, -0.25) is 4.79 Å². The van der Waals surface area contributed by atoms with Crippen molar-refractivity contribution in [2.24, 2.45) is 5.41 Å². The Morgan fingerprint density at radius 1 is 1.04 bits per heavy atom. The number of hydrogen-bond donors (Lipinski definition) is 2. The van der Waals surface area contributed by atoms with Crippen LogP contribution in [0.2, 0.25) is 0 Å². The van der Waals surface area contributed by atoms with Crippen LogP contribution in [0.4, 0.5) is 8.78 Å². The van der Waals surface area contributed by atoms with Crippen molar-refractivity contribution < 1.29 is 18.3 Å². The lowest BCUT2D eigenvalue weighted by Gasteiger charge is -2.34. The zero-order valence-corrected chi connectivity index (χ0v) is 27.9. The van der Waals surface area contributed by atoms with Crippen molar-refractivity contribution in [3.05, 3.63) is 112 Å². The number of carbonyl (C=O) groups excluding carboxylic acids is 1. The summed E-state index contributed by atoms with van der Waals surface area (Å²) in [5.74, 6) is -0.496. The molecular weight excluding hydrogens is 608 g/mol. The predicted molar refractivity (Wildman–Crippen MR) is 184 cm³/mol. The van der Waals surface area contributed by atoms with Gasteiger partial charge in [0.25, 0.3) is 0 Å². The highest BCUT2D eigenvalue weighted by molar-refractivity contribution is 5.86. The first-order valence-electron chi connectivity index (χ1n) is 16.5. The molecule has 248 valence electrons. The minimum absolute atomic E-state index is 0.0131. The Balaban J connectivity index is 1.46. The number of halogens is 2. The third kappa shape index (κ3) is 6.70. The molecule has 7 nitrogen and oxygen atoms in total. The van der Waals surface area contributed by atoms with E-state index in [0.29, 0.717) is 36.4 Å². The fourth-order valence-corrected chi connectivity index (χ4v) is 7.03. The van der Waals surface area contributed by atoms with Gasteiger partial charge in [-0.25, -0.2) is 20.3 Å². The molecule has 0 radical (unpaired) electrons. The molecule has 0 saturated carbocycles. The zero-order valence-electron chi connectivity index (χ0n) is 27.9. The number of benzene rings is 3.